The molecule has 2 aromatic rings. The van der Waals surface area contributed by atoms with Crippen molar-refractivity contribution < 1.29 is 56.8 Å². The van der Waals surface area contributed by atoms with Crippen LogP contribution in [-0.2, 0) is 38.8 Å². The highest BCUT2D eigenvalue weighted by atomic mass is 32.5. The van der Waals surface area contributed by atoms with Gasteiger partial charge in [-0.05, 0) is 0 Å². The minimum atomic E-state index is -5.92. The molecule has 2 aromatic heterocycles. The molecule has 0 amide bonds. The highest BCUT2D eigenvalue weighted by Gasteiger charge is 2.45. The Hall–Kier alpha value is -0.940. The second kappa shape index (κ2) is 8.78. The molecule has 6 unspecified atom stereocenters. The SMILES string of the molecule is Nc1ncnc2c1ncn2C1OC(COP(=O)([O-])OP([O-])(=S)OP(=O)([O-])[O-])C(O)C1O. The van der Waals surface area contributed by atoms with E-state index in [1.165, 1.54) is 10.9 Å². The number of anilines is 1. The summed E-state index contributed by atoms with van der Waals surface area (Å²) in [6.07, 6.45) is -3.74. The van der Waals surface area contributed by atoms with Crippen LogP contribution in [-0.4, -0.2) is 54.7 Å². The van der Waals surface area contributed by atoms with Crippen molar-refractivity contribution in [2.45, 2.75) is 24.5 Å². The lowest BCUT2D eigenvalue weighted by Crippen LogP contribution is -2.34. The molecule has 3 rings (SSSR count). The molecule has 0 radical (unpaired) electrons. The van der Waals surface area contributed by atoms with Gasteiger partial charge in [0.15, 0.2) is 17.7 Å². The summed E-state index contributed by atoms with van der Waals surface area (Å²) in [6.45, 7) is -6.29. The lowest BCUT2D eigenvalue weighted by Gasteiger charge is -2.40. The fraction of sp³-hybridized carbons (Fsp3) is 0.500. The van der Waals surface area contributed by atoms with Crippen LogP contribution in [0.3, 0.4) is 0 Å². The van der Waals surface area contributed by atoms with Gasteiger partial charge in [0.1, 0.15) is 36.9 Å². The standard InChI is InChI=1S/C10H16N5O12P3S/c11-8-5-9(13-2-12-8)15(3-14-5)10-7(17)6(16)4(25-10)1-24-29(21,22)27-30(23,31)26-28(18,19)20/h2-4,6-7,10,16-17H,1H2,(H,21,22)(H,23,31)(H2,11,12,13)(H2,18,19,20)/p-4. The average molecular weight is 519 g/mol. The van der Waals surface area contributed by atoms with Gasteiger partial charge in [0, 0.05) is 0 Å². The van der Waals surface area contributed by atoms with Gasteiger partial charge in [0.2, 0.25) is 0 Å². The largest absolute Gasteiger partial charge is 0.790 e. The molecule has 17 nitrogen and oxygen atoms in total. The zero-order valence-corrected chi connectivity index (χ0v) is 18.3. The second-order valence-corrected chi connectivity index (χ2v) is 11.5. The van der Waals surface area contributed by atoms with Gasteiger partial charge in [-0.25, -0.2) is 15.0 Å². The van der Waals surface area contributed by atoms with E-state index < -0.39 is 53.5 Å². The highest BCUT2D eigenvalue weighted by Crippen LogP contribution is 2.60. The van der Waals surface area contributed by atoms with Crippen LogP contribution in [0.4, 0.5) is 5.82 Å². The van der Waals surface area contributed by atoms with E-state index in [0.717, 1.165) is 6.33 Å². The first-order valence-electron chi connectivity index (χ1n) is 7.85. The van der Waals surface area contributed by atoms with Crippen molar-refractivity contribution in [3.63, 3.8) is 0 Å². The van der Waals surface area contributed by atoms with Gasteiger partial charge in [-0.3, -0.25) is 13.4 Å². The Kier molecular flexibility index (Phi) is 6.99. The monoisotopic (exact) mass is 519 g/mol. The van der Waals surface area contributed by atoms with Gasteiger partial charge in [-0.2, -0.15) is 0 Å². The number of phosphoric acid groups is 2. The van der Waals surface area contributed by atoms with Gasteiger partial charge < -0.3 is 53.7 Å². The third kappa shape index (κ3) is 5.90. The molecule has 174 valence electrons. The summed E-state index contributed by atoms with van der Waals surface area (Å²) in [5.74, 6) is 0.0392. The normalized spacial score (nSPS) is 28.5. The number of rotatable bonds is 8. The van der Waals surface area contributed by atoms with E-state index in [1.54, 1.807) is 0 Å². The number of hydrogen-bond donors (Lipinski definition) is 3. The minimum absolute atomic E-state index is 0.0392. The molecule has 1 fully saturated rings. The number of aliphatic hydroxyl groups is 2. The third-order valence-corrected chi connectivity index (χ3v) is 8.66. The van der Waals surface area contributed by atoms with Crippen LogP contribution >= 0.6 is 22.4 Å². The van der Waals surface area contributed by atoms with Crippen molar-refractivity contribution in [1.29, 1.82) is 0 Å². The molecule has 31 heavy (non-hydrogen) atoms. The van der Waals surface area contributed by atoms with E-state index in [4.69, 9.17) is 10.5 Å². The van der Waals surface area contributed by atoms with Crippen molar-refractivity contribution in [2.75, 3.05) is 12.3 Å². The summed E-state index contributed by atoms with van der Waals surface area (Å²) in [5.41, 5.74) is 5.99. The lowest BCUT2D eigenvalue weighted by atomic mass is 10.1. The van der Waals surface area contributed by atoms with Crippen LogP contribution in [0.5, 0.6) is 0 Å². The van der Waals surface area contributed by atoms with Gasteiger partial charge >= 0.3 is 0 Å². The van der Waals surface area contributed by atoms with E-state index in [0.29, 0.717) is 0 Å². The third-order valence-electron chi connectivity index (χ3n) is 3.80. The number of imidazole rings is 1. The predicted molar refractivity (Wildman–Crippen MR) is 93.3 cm³/mol. The topological polar surface area (TPSA) is 273 Å². The summed E-state index contributed by atoms with van der Waals surface area (Å²) in [6, 6.07) is 0. The molecule has 21 heteroatoms. The molecule has 0 aliphatic carbocycles. The van der Waals surface area contributed by atoms with Crippen molar-refractivity contribution in [1.82, 2.24) is 19.5 Å². The molecule has 4 N–H and O–H groups in total. The van der Waals surface area contributed by atoms with Crippen molar-refractivity contribution in [3.05, 3.63) is 12.7 Å². The molecule has 0 saturated carbocycles. The Bertz CT molecular complexity index is 1110. The Morgan fingerprint density at radius 3 is 2.48 bits per heavy atom. The number of nitrogens with zero attached hydrogens (tertiary/aromatic N) is 4. The molecule has 1 saturated heterocycles. The number of aromatic nitrogens is 4. The Balaban J connectivity index is 1.69. The van der Waals surface area contributed by atoms with Gasteiger partial charge in [-0.1, -0.05) is 11.8 Å². The van der Waals surface area contributed by atoms with Crippen LogP contribution in [0, 0.1) is 0 Å². The van der Waals surface area contributed by atoms with Crippen LogP contribution in [0.25, 0.3) is 11.2 Å². The number of aliphatic hydroxyl groups excluding tert-OH is 2. The molecule has 1 aliphatic heterocycles. The smallest absolute Gasteiger partial charge is 0.272 e. The molecule has 0 bridgehead atoms. The van der Waals surface area contributed by atoms with E-state index >= 15 is 0 Å². The maximum absolute atomic E-state index is 11.7. The first-order valence-corrected chi connectivity index (χ1v) is 13.3. The Morgan fingerprint density at radius 1 is 1.16 bits per heavy atom. The molecule has 6 atom stereocenters. The fourth-order valence-corrected chi connectivity index (χ4v) is 6.94. The number of fused-ring (bicyclic) bond motifs is 1. The van der Waals surface area contributed by atoms with Crippen molar-refractivity contribution >= 4 is 51.2 Å². The maximum atomic E-state index is 11.7. The van der Waals surface area contributed by atoms with Gasteiger partial charge in [0.25, 0.3) is 7.82 Å². The summed E-state index contributed by atoms with van der Waals surface area (Å²) in [5, 5.41) is 20.4. The molecule has 1 aliphatic rings. The van der Waals surface area contributed by atoms with Crippen molar-refractivity contribution in [3.8, 4) is 0 Å². The number of ether oxygens (including phenoxy) is 1. The van der Waals surface area contributed by atoms with E-state index in [1.807, 2.05) is 0 Å². The van der Waals surface area contributed by atoms with Crippen molar-refractivity contribution in [2.24, 2.45) is 0 Å². The maximum Gasteiger partial charge on any atom is 0.272 e. The summed E-state index contributed by atoms with van der Waals surface area (Å²) >= 11 is 3.99. The molecule has 0 aromatic carbocycles. The van der Waals surface area contributed by atoms with E-state index in [-0.39, 0.29) is 17.0 Å². The summed E-state index contributed by atoms with van der Waals surface area (Å²) in [7, 11) is -11.5. The Morgan fingerprint density at radius 2 is 1.84 bits per heavy atom. The summed E-state index contributed by atoms with van der Waals surface area (Å²) in [4.78, 5) is 55.8. The van der Waals surface area contributed by atoms with Crippen LogP contribution < -0.4 is 25.3 Å². The van der Waals surface area contributed by atoms with E-state index in [2.05, 4.69) is 39.9 Å². The molecule has 3 heterocycles. The number of nitrogens with two attached hydrogens (primary N) is 1. The molecular formula is C10H12N5O12P3S-4. The minimum Gasteiger partial charge on any atom is -0.790 e. The lowest BCUT2D eigenvalue weighted by molar-refractivity contribution is -0.337. The number of hydrogen-bond acceptors (Lipinski definition) is 17. The molecule has 0 spiro atoms. The zero-order valence-electron chi connectivity index (χ0n) is 14.8. The first kappa shape index (κ1) is 24.7. The predicted octanol–water partition coefficient (Wildman–Crippen LogP) is -4.04. The average Bonchev–Trinajstić information content (AvgIpc) is 3.13. The first-order chi connectivity index (χ1) is 14.2. The number of nitrogen functional groups attached to an aromatic ring is 1. The Labute approximate surface area is 177 Å². The van der Waals surface area contributed by atoms with Crippen LogP contribution in [0.1, 0.15) is 6.23 Å². The second-order valence-electron chi connectivity index (χ2n) is 5.93. The van der Waals surface area contributed by atoms with E-state index in [9.17, 15) is 38.9 Å². The zero-order chi connectivity index (χ0) is 23.2. The summed E-state index contributed by atoms with van der Waals surface area (Å²) < 4.78 is 40.3. The highest BCUT2D eigenvalue weighted by molar-refractivity contribution is 8.09. The quantitative estimate of drug-likeness (QED) is 0.280. The van der Waals surface area contributed by atoms with Crippen LogP contribution in [0.15, 0.2) is 12.7 Å². The van der Waals surface area contributed by atoms with Gasteiger partial charge in [-0.15, -0.1) is 0 Å². The van der Waals surface area contributed by atoms with Gasteiger partial charge in [0.05, 0.1) is 20.8 Å². The van der Waals surface area contributed by atoms with Crippen LogP contribution in [0.2, 0.25) is 0 Å². The molecular weight excluding hydrogens is 507 g/mol. The number of phosphoric ester groups is 1. The fourth-order valence-electron chi connectivity index (χ4n) is 2.60.